The summed E-state index contributed by atoms with van der Waals surface area (Å²) in [5, 5.41) is 2.89. The molecule has 1 aromatic carbocycles. The molecule has 0 aromatic heterocycles. The molecular formula is C13H17NO2. The largest absolute Gasteiger partial charge is 0.368 e. The molecule has 1 heterocycles. The van der Waals surface area contributed by atoms with Gasteiger partial charge >= 0.3 is 0 Å². The first-order valence-electron chi connectivity index (χ1n) is 5.81. The number of nitrogens with one attached hydrogen (secondary N) is 1. The summed E-state index contributed by atoms with van der Waals surface area (Å²) in [6.07, 6.45) is 2.53. The van der Waals surface area contributed by atoms with Gasteiger partial charge in [-0.2, -0.15) is 0 Å². The van der Waals surface area contributed by atoms with Crippen LogP contribution in [0.5, 0.6) is 0 Å². The number of rotatable bonds is 3. The lowest BCUT2D eigenvalue weighted by atomic mass is 10.1. The van der Waals surface area contributed by atoms with Crippen molar-refractivity contribution in [2.24, 2.45) is 0 Å². The molecule has 1 saturated heterocycles. The Hall–Kier alpha value is -1.35. The molecule has 0 saturated carbocycles. The lowest BCUT2D eigenvalue weighted by molar-refractivity contribution is -0.124. The predicted molar refractivity (Wildman–Crippen MR) is 63.4 cm³/mol. The van der Waals surface area contributed by atoms with Crippen molar-refractivity contribution < 1.29 is 9.53 Å². The van der Waals surface area contributed by atoms with Crippen molar-refractivity contribution >= 4 is 11.6 Å². The van der Waals surface area contributed by atoms with Crippen molar-refractivity contribution in [3.63, 3.8) is 0 Å². The molecule has 1 amide bonds. The minimum Gasteiger partial charge on any atom is -0.368 e. The smallest absolute Gasteiger partial charge is 0.253 e. The summed E-state index contributed by atoms with van der Waals surface area (Å²) in [4.78, 5) is 11.8. The zero-order chi connectivity index (χ0) is 11.4. The second-order valence-corrected chi connectivity index (χ2v) is 4.04. The van der Waals surface area contributed by atoms with E-state index in [0.29, 0.717) is 6.61 Å². The van der Waals surface area contributed by atoms with Gasteiger partial charge in [-0.3, -0.25) is 4.79 Å². The monoisotopic (exact) mass is 219 g/mol. The number of hydrogen-bond acceptors (Lipinski definition) is 2. The second-order valence-electron chi connectivity index (χ2n) is 4.04. The summed E-state index contributed by atoms with van der Waals surface area (Å²) in [6.45, 7) is 2.80. The van der Waals surface area contributed by atoms with E-state index in [-0.39, 0.29) is 12.0 Å². The molecule has 1 aliphatic rings. The van der Waals surface area contributed by atoms with Crippen LogP contribution in [0.1, 0.15) is 25.3 Å². The van der Waals surface area contributed by atoms with E-state index in [2.05, 4.69) is 18.3 Å². The van der Waals surface area contributed by atoms with E-state index in [4.69, 9.17) is 4.74 Å². The van der Waals surface area contributed by atoms with E-state index in [1.807, 2.05) is 18.2 Å². The average molecular weight is 219 g/mol. The van der Waals surface area contributed by atoms with Gasteiger partial charge in [0, 0.05) is 12.3 Å². The molecule has 1 atom stereocenters. The molecule has 1 aliphatic heterocycles. The molecule has 0 radical (unpaired) electrons. The highest BCUT2D eigenvalue weighted by molar-refractivity contribution is 5.94. The minimum absolute atomic E-state index is 0.0225. The van der Waals surface area contributed by atoms with Crippen LogP contribution in [0.25, 0.3) is 0 Å². The molecule has 1 fully saturated rings. The Kier molecular flexibility index (Phi) is 3.57. The van der Waals surface area contributed by atoms with Gasteiger partial charge in [-0.25, -0.2) is 0 Å². The number of amides is 1. The fourth-order valence-electron chi connectivity index (χ4n) is 1.88. The first-order chi connectivity index (χ1) is 7.79. The fourth-order valence-corrected chi connectivity index (χ4v) is 1.88. The summed E-state index contributed by atoms with van der Waals surface area (Å²) in [5.74, 6) is -0.0225. The van der Waals surface area contributed by atoms with Crippen LogP contribution in [0.15, 0.2) is 24.3 Å². The van der Waals surface area contributed by atoms with Crippen molar-refractivity contribution in [3.05, 3.63) is 29.8 Å². The molecule has 0 spiro atoms. The summed E-state index contributed by atoms with van der Waals surface area (Å²) in [7, 11) is 0. The third-order valence-electron chi connectivity index (χ3n) is 2.82. The summed E-state index contributed by atoms with van der Waals surface area (Å²) in [6, 6.07) is 7.94. The first-order valence-corrected chi connectivity index (χ1v) is 5.81. The predicted octanol–water partition coefficient (Wildman–Crippen LogP) is 2.37. The number of carbonyl (C=O) groups excluding carboxylic acids is 1. The number of benzene rings is 1. The van der Waals surface area contributed by atoms with Crippen molar-refractivity contribution in [2.45, 2.75) is 32.3 Å². The Labute approximate surface area is 95.8 Å². The topological polar surface area (TPSA) is 38.3 Å². The first kappa shape index (κ1) is 11.1. The lowest BCUT2D eigenvalue weighted by Crippen LogP contribution is -2.26. The second kappa shape index (κ2) is 5.12. The standard InChI is InChI=1S/C13H17NO2/c1-2-10-5-3-6-11(9-10)14-13(15)12-7-4-8-16-12/h3,5-6,9,12H,2,4,7-8H2,1H3,(H,14,15). The normalized spacial score (nSPS) is 19.7. The molecule has 3 nitrogen and oxygen atoms in total. The van der Waals surface area contributed by atoms with E-state index in [9.17, 15) is 4.79 Å². The Morgan fingerprint density at radius 3 is 3.12 bits per heavy atom. The van der Waals surface area contributed by atoms with Gasteiger partial charge in [0.2, 0.25) is 0 Å². The average Bonchev–Trinajstić information content (AvgIpc) is 2.83. The van der Waals surface area contributed by atoms with Gasteiger partial charge in [-0.15, -0.1) is 0 Å². The van der Waals surface area contributed by atoms with Crippen molar-refractivity contribution in [1.29, 1.82) is 0 Å². The Balaban J connectivity index is 1.99. The highest BCUT2D eigenvalue weighted by Crippen LogP contribution is 2.16. The number of hydrogen-bond donors (Lipinski definition) is 1. The summed E-state index contributed by atoms with van der Waals surface area (Å²) in [5.41, 5.74) is 2.09. The van der Waals surface area contributed by atoms with Gasteiger partial charge in [0.25, 0.3) is 5.91 Å². The molecule has 86 valence electrons. The van der Waals surface area contributed by atoms with Gasteiger partial charge in [-0.1, -0.05) is 19.1 Å². The maximum absolute atomic E-state index is 11.8. The third kappa shape index (κ3) is 2.61. The van der Waals surface area contributed by atoms with Crippen molar-refractivity contribution in [2.75, 3.05) is 11.9 Å². The van der Waals surface area contributed by atoms with Gasteiger partial charge in [-0.05, 0) is 37.0 Å². The maximum Gasteiger partial charge on any atom is 0.253 e. The SMILES string of the molecule is CCc1cccc(NC(=O)C2CCCO2)c1. The van der Waals surface area contributed by atoms with E-state index in [1.165, 1.54) is 5.56 Å². The van der Waals surface area contributed by atoms with Crippen LogP contribution >= 0.6 is 0 Å². The van der Waals surface area contributed by atoms with Crippen LogP contribution in [-0.2, 0) is 16.0 Å². The molecule has 16 heavy (non-hydrogen) atoms. The highest BCUT2D eigenvalue weighted by atomic mass is 16.5. The lowest BCUT2D eigenvalue weighted by Gasteiger charge is -2.10. The Morgan fingerprint density at radius 1 is 1.56 bits per heavy atom. The number of anilines is 1. The summed E-state index contributed by atoms with van der Waals surface area (Å²) >= 11 is 0. The number of aryl methyl sites for hydroxylation is 1. The van der Waals surface area contributed by atoms with Gasteiger partial charge < -0.3 is 10.1 Å². The maximum atomic E-state index is 11.8. The van der Waals surface area contributed by atoms with Crippen LogP contribution < -0.4 is 5.32 Å². The van der Waals surface area contributed by atoms with E-state index < -0.39 is 0 Å². The minimum atomic E-state index is -0.259. The molecule has 0 aliphatic carbocycles. The van der Waals surface area contributed by atoms with Crippen LogP contribution in [0, 0.1) is 0 Å². The zero-order valence-electron chi connectivity index (χ0n) is 9.53. The highest BCUT2D eigenvalue weighted by Gasteiger charge is 2.23. The summed E-state index contributed by atoms with van der Waals surface area (Å²) < 4.78 is 5.33. The van der Waals surface area contributed by atoms with E-state index >= 15 is 0 Å². The molecular weight excluding hydrogens is 202 g/mol. The third-order valence-corrected chi connectivity index (χ3v) is 2.82. The molecule has 1 unspecified atom stereocenters. The Bertz CT molecular complexity index is 370. The molecule has 3 heteroatoms. The van der Waals surface area contributed by atoms with E-state index in [1.54, 1.807) is 0 Å². The van der Waals surface area contributed by atoms with Gasteiger partial charge in [0.15, 0.2) is 0 Å². The molecule has 0 bridgehead atoms. The van der Waals surface area contributed by atoms with Gasteiger partial charge in [0.05, 0.1) is 0 Å². The molecule has 2 rings (SSSR count). The van der Waals surface area contributed by atoms with Gasteiger partial charge in [0.1, 0.15) is 6.10 Å². The van der Waals surface area contributed by atoms with Crippen LogP contribution in [0.4, 0.5) is 5.69 Å². The zero-order valence-corrected chi connectivity index (χ0v) is 9.53. The van der Waals surface area contributed by atoms with Crippen LogP contribution in [-0.4, -0.2) is 18.6 Å². The number of carbonyl (C=O) groups is 1. The molecule has 1 N–H and O–H groups in total. The van der Waals surface area contributed by atoms with Crippen LogP contribution in [0.2, 0.25) is 0 Å². The quantitative estimate of drug-likeness (QED) is 0.847. The fraction of sp³-hybridized carbons (Fsp3) is 0.462. The van der Waals surface area contributed by atoms with E-state index in [0.717, 1.165) is 24.9 Å². The van der Waals surface area contributed by atoms with Crippen LogP contribution in [0.3, 0.4) is 0 Å². The van der Waals surface area contributed by atoms with Crippen molar-refractivity contribution in [1.82, 2.24) is 0 Å². The van der Waals surface area contributed by atoms with Crippen molar-refractivity contribution in [3.8, 4) is 0 Å². The number of ether oxygens (including phenoxy) is 1. The molecule has 1 aromatic rings. The Morgan fingerprint density at radius 2 is 2.44 bits per heavy atom.